The van der Waals surface area contributed by atoms with Crippen LogP contribution in [-0.4, -0.2) is 35.2 Å². The third kappa shape index (κ3) is 4.15. The van der Waals surface area contributed by atoms with Crippen molar-refractivity contribution in [2.45, 2.75) is 18.2 Å². The number of nitrogens with one attached hydrogen (secondary N) is 2. The van der Waals surface area contributed by atoms with Crippen molar-refractivity contribution in [3.05, 3.63) is 12.1 Å². The molecule has 9 heteroatoms. The summed E-state index contributed by atoms with van der Waals surface area (Å²) in [4.78, 5) is 11.3. The van der Waals surface area contributed by atoms with E-state index in [1.807, 2.05) is 11.6 Å². The highest BCUT2D eigenvalue weighted by Gasteiger charge is 2.24. The first kappa shape index (κ1) is 16.9. The molecule has 0 saturated carbocycles. The second kappa shape index (κ2) is 7.02. The molecule has 118 valence electrons. The number of sulfonamides is 1. The highest BCUT2D eigenvalue weighted by Crippen LogP contribution is 2.33. The van der Waals surface area contributed by atoms with E-state index in [1.54, 1.807) is 0 Å². The number of carbonyl (C=O) groups excluding carboxylic acids is 1. The lowest BCUT2D eigenvalue weighted by Crippen LogP contribution is -2.39. The van der Waals surface area contributed by atoms with Crippen molar-refractivity contribution in [3.63, 3.8) is 0 Å². The fourth-order valence-corrected chi connectivity index (χ4v) is 2.67. The fourth-order valence-electron chi connectivity index (χ4n) is 1.55. The van der Waals surface area contributed by atoms with Crippen LogP contribution >= 0.6 is 0 Å². The third-order valence-corrected chi connectivity index (χ3v) is 3.92. The van der Waals surface area contributed by atoms with Crippen LogP contribution in [0, 0.1) is 0 Å². The molecule has 1 aromatic rings. The largest absolute Gasteiger partial charge is 0.495 e. The van der Waals surface area contributed by atoms with E-state index in [0.29, 0.717) is 13.0 Å². The van der Waals surface area contributed by atoms with E-state index in [9.17, 15) is 13.2 Å². The van der Waals surface area contributed by atoms with E-state index in [4.69, 9.17) is 15.2 Å². The fraction of sp³-hybridized carbons (Fsp3) is 0.417. The smallest absolute Gasteiger partial charge is 0.328 e. The number of hydrogen-bond acceptors (Lipinski definition) is 6. The Bertz CT molecular complexity index is 616. The van der Waals surface area contributed by atoms with Gasteiger partial charge in [0, 0.05) is 12.6 Å². The number of carbonyl (C=O) groups is 1. The van der Waals surface area contributed by atoms with Crippen LogP contribution in [0.25, 0.3) is 0 Å². The predicted octanol–water partition coefficient (Wildman–Crippen LogP) is 0.684. The monoisotopic (exact) mass is 317 g/mol. The van der Waals surface area contributed by atoms with E-state index >= 15 is 0 Å². The summed E-state index contributed by atoms with van der Waals surface area (Å²) in [7, 11) is -1.40. The Kier molecular flexibility index (Phi) is 5.65. The minimum Gasteiger partial charge on any atom is -0.495 e. The molecule has 0 aliphatic heterocycles. The van der Waals surface area contributed by atoms with Crippen LogP contribution in [0.2, 0.25) is 0 Å². The number of amides is 2. The van der Waals surface area contributed by atoms with Gasteiger partial charge in [0.2, 0.25) is 0 Å². The zero-order valence-corrected chi connectivity index (χ0v) is 12.9. The minimum atomic E-state index is -4.10. The number of benzene rings is 1. The lowest BCUT2D eigenvalue weighted by molar-refractivity contribution is 0.246. The predicted molar refractivity (Wildman–Crippen MR) is 78.0 cm³/mol. The van der Waals surface area contributed by atoms with E-state index in [0.717, 1.165) is 0 Å². The van der Waals surface area contributed by atoms with E-state index in [2.05, 4.69) is 5.32 Å². The zero-order chi connectivity index (χ0) is 16.0. The number of urea groups is 1. The highest BCUT2D eigenvalue weighted by atomic mass is 32.2. The first-order valence-corrected chi connectivity index (χ1v) is 7.66. The Morgan fingerprint density at radius 2 is 1.86 bits per heavy atom. The number of hydrogen-bond donors (Lipinski definition) is 3. The van der Waals surface area contributed by atoms with Crippen LogP contribution < -0.4 is 25.2 Å². The molecule has 0 radical (unpaired) electrons. The molecule has 1 aromatic carbocycles. The topological polar surface area (TPSA) is 120 Å². The number of ether oxygens (including phenoxy) is 2. The molecule has 8 nitrogen and oxygen atoms in total. The van der Waals surface area contributed by atoms with Gasteiger partial charge in [0.05, 0.1) is 19.9 Å². The van der Waals surface area contributed by atoms with Gasteiger partial charge in [-0.1, -0.05) is 6.92 Å². The molecule has 1 rings (SSSR count). The van der Waals surface area contributed by atoms with Gasteiger partial charge in [0.15, 0.2) is 0 Å². The summed E-state index contributed by atoms with van der Waals surface area (Å²) in [6.45, 7) is 2.21. The number of nitrogen functional groups attached to an aromatic ring is 1. The third-order valence-electron chi connectivity index (χ3n) is 2.57. The van der Waals surface area contributed by atoms with Crippen LogP contribution in [0.3, 0.4) is 0 Å². The van der Waals surface area contributed by atoms with Crippen LogP contribution in [0.1, 0.15) is 13.3 Å². The van der Waals surface area contributed by atoms with E-state index in [1.165, 1.54) is 26.4 Å². The SMILES string of the molecule is CCCNC(=O)NS(=O)(=O)c1cc(N)c(OC)cc1OC. The molecule has 4 N–H and O–H groups in total. The summed E-state index contributed by atoms with van der Waals surface area (Å²) in [5, 5.41) is 2.41. The number of anilines is 1. The van der Waals surface area contributed by atoms with Gasteiger partial charge in [-0.2, -0.15) is 0 Å². The summed E-state index contributed by atoms with van der Waals surface area (Å²) in [5.74, 6) is 0.304. The Balaban J connectivity index is 3.13. The zero-order valence-electron chi connectivity index (χ0n) is 12.1. The van der Waals surface area contributed by atoms with Crippen molar-refractivity contribution in [1.82, 2.24) is 10.0 Å². The van der Waals surface area contributed by atoms with Crippen molar-refractivity contribution >= 4 is 21.7 Å². The molecule has 0 spiro atoms. The molecular formula is C12H19N3O5S. The maximum Gasteiger partial charge on any atom is 0.328 e. The molecule has 0 aliphatic rings. The second-order valence-corrected chi connectivity index (χ2v) is 5.76. The minimum absolute atomic E-state index is 0.0249. The lowest BCUT2D eigenvalue weighted by Gasteiger charge is -2.14. The summed E-state index contributed by atoms with van der Waals surface area (Å²) in [6.07, 6.45) is 0.687. The van der Waals surface area contributed by atoms with Gasteiger partial charge in [-0.3, -0.25) is 0 Å². The normalized spacial score (nSPS) is 10.8. The van der Waals surface area contributed by atoms with Crippen LogP contribution in [0.4, 0.5) is 10.5 Å². The molecular weight excluding hydrogens is 298 g/mol. The lowest BCUT2D eigenvalue weighted by atomic mass is 10.3. The molecule has 0 fully saturated rings. The van der Waals surface area contributed by atoms with Gasteiger partial charge in [0.1, 0.15) is 16.4 Å². The van der Waals surface area contributed by atoms with E-state index < -0.39 is 16.1 Å². The maximum absolute atomic E-state index is 12.2. The number of rotatable bonds is 6. The van der Waals surface area contributed by atoms with Crippen molar-refractivity contribution < 1.29 is 22.7 Å². The first-order valence-electron chi connectivity index (χ1n) is 6.17. The molecule has 0 saturated heterocycles. The van der Waals surface area contributed by atoms with Crippen molar-refractivity contribution in [2.24, 2.45) is 0 Å². The number of nitrogens with two attached hydrogens (primary N) is 1. The van der Waals surface area contributed by atoms with Gasteiger partial charge in [-0.15, -0.1) is 0 Å². The first-order chi connectivity index (χ1) is 9.85. The van der Waals surface area contributed by atoms with Gasteiger partial charge >= 0.3 is 6.03 Å². The van der Waals surface area contributed by atoms with Crippen molar-refractivity contribution in [3.8, 4) is 11.5 Å². The van der Waals surface area contributed by atoms with Gasteiger partial charge in [-0.05, 0) is 12.5 Å². The second-order valence-electron chi connectivity index (χ2n) is 4.11. The molecule has 0 heterocycles. The molecule has 2 amide bonds. The Morgan fingerprint density at radius 1 is 1.24 bits per heavy atom. The average Bonchev–Trinajstić information content (AvgIpc) is 2.44. The van der Waals surface area contributed by atoms with Gasteiger partial charge in [-0.25, -0.2) is 17.9 Å². The standard InChI is InChI=1S/C12H19N3O5S/c1-4-5-14-12(16)15-21(17,18)11-6-8(13)9(19-2)7-10(11)20-3/h6-7H,4-5,13H2,1-3H3,(H2,14,15,16). The number of methoxy groups -OCH3 is 2. The molecule has 0 bridgehead atoms. The summed E-state index contributed by atoms with van der Waals surface area (Å²) >= 11 is 0. The maximum atomic E-state index is 12.2. The molecule has 0 aromatic heterocycles. The highest BCUT2D eigenvalue weighted by molar-refractivity contribution is 7.90. The average molecular weight is 317 g/mol. The summed E-state index contributed by atoms with van der Waals surface area (Å²) < 4.78 is 36.3. The van der Waals surface area contributed by atoms with Gasteiger partial charge < -0.3 is 20.5 Å². The van der Waals surface area contributed by atoms with Crippen LogP contribution in [0.5, 0.6) is 11.5 Å². The Hall–Kier alpha value is -2.16. The molecule has 0 aliphatic carbocycles. The molecule has 0 atom stereocenters. The van der Waals surface area contributed by atoms with Crippen molar-refractivity contribution in [2.75, 3.05) is 26.5 Å². The molecule has 0 unspecified atom stereocenters. The van der Waals surface area contributed by atoms with E-state index in [-0.39, 0.29) is 22.1 Å². The summed E-state index contributed by atoms with van der Waals surface area (Å²) in [6, 6.07) is 1.70. The van der Waals surface area contributed by atoms with Crippen LogP contribution in [-0.2, 0) is 10.0 Å². The quantitative estimate of drug-likeness (QED) is 0.664. The molecule has 21 heavy (non-hydrogen) atoms. The Morgan fingerprint density at radius 3 is 2.38 bits per heavy atom. The Labute approximate surface area is 123 Å². The van der Waals surface area contributed by atoms with Crippen LogP contribution in [0.15, 0.2) is 17.0 Å². The van der Waals surface area contributed by atoms with Crippen molar-refractivity contribution in [1.29, 1.82) is 0 Å². The van der Waals surface area contributed by atoms with Gasteiger partial charge in [0.25, 0.3) is 10.0 Å². The summed E-state index contributed by atoms with van der Waals surface area (Å²) in [5.41, 5.74) is 5.81.